The summed E-state index contributed by atoms with van der Waals surface area (Å²) in [6.07, 6.45) is 1.65. The quantitative estimate of drug-likeness (QED) is 0.757. The molecular formula is C16H19N3O5S2. The monoisotopic (exact) mass is 397 g/mol. The van der Waals surface area contributed by atoms with Crippen LogP contribution in [0.1, 0.15) is 20.2 Å². The van der Waals surface area contributed by atoms with Crippen LogP contribution in [0.5, 0.6) is 0 Å². The van der Waals surface area contributed by atoms with Crippen molar-refractivity contribution in [2.24, 2.45) is 5.14 Å². The molecule has 10 heteroatoms. The Bertz CT molecular complexity index is 904. The molecule has 8 nitrogen and oxygen atoms in total. The van der Waals surface area contributed by atoms with E-state index in [2.05, 4.69) is 4.98 Å². The lowest BCUT2D eigenvalue weighted by Crippen LogP contribution is -2.37. The van der Waals surface area contributed by atoms with Crippen molar-refractivity contribution in [2.45, 2.75) is 18.4 Å². The number of aromatic nitrogens is 1. The summed E-state index contributed by atoms with van der Waals surface area (Å²) in [6, 6.07) is 4.24. The Labute approximate surface area is 155 Å². The molecule has 0 bridgehead atoms. The van der Waals surface area contributed by atoms with Crippen molar-refractivity contribution in [3.63, 3.8) is 0 Å². The fourth-order valence-corrected chi connectivity index (χ4v) is 3.87. The highest BCUT2D eigenvalue weighted by Crippen LogP contribution is 2.26. The largest absolute Gasteiger partial charge is 0.456 e. The van der Waals surface area contributed by atoms with Gasteiger partial charge < -0.3 is 14.4 Å². The number of hydrogen-bond donors (Lipinski definition) is 1. The molecule has 1 fully saturated rings. The van der Waals surface area contributed by atoms with Gasteiger partial charge in [0.2, 0.25) is 10.0 Å². The molecule has 2 N–H and O–H groups in total. The van der Waals surface area contributed by atoms with Crippen molar-refractivity contribution in [2.75, 3.05) is 31.2 Å². The van der Waals surface area contributed by atoms with E-state index in [1.165, 1.54) is 23.5 Å². The summed E-state index contributed by atoms with van der Waals surface area (Å²) in [4.78, 5) is 19.4. The maximum atomic E-state index is 12.6. The van der Waals surface area contributed by atoms with E-state index in [1.807, 2.05) is 11.8 Å². The van der Waals surface area contributed by atoms with Crippen molar-refractivity contribution in [3.8, 4) is 0 Å². The number of hydrogen-bond acceptors (Lipinski definition) is 8. The molecule has 26 heavy (non-hydrogen) atoms. The first-order valence-corrected chi connectivity index (χ1v) is 10.3. The zero-order valence-corrected chi connectivity index (χ0v) is 15.8. The molecule has 0 saturated carbocycles. The Balaban J connectivity index is 1.88. The first kappa shape index (κ1) is 18.8. The van der Waals surface area contributed by atoms with Crippen molar-refractivity contribution < 1.29 is 22.7 Å². The van der Waals surface area contributed by atoms with Gasteiger partial charge >= 0.3 is 5.97 Å². The van der Waals surface area contributed by atoms with Gasteiger partial charge in [0.05, 0.1) is 39.2 Å². The summed E-state index contributed by atoms with van der Waals surface area (Å²) < 4.78 is 34.0. The van der Waals surface area contributed by atoms with Crippen LogP contribution in [0.25, 0.3) is 0 Å². The molecule has 140 valence electrons. The number of sulfonamides is 1. The predicted molar refractivity (Wildman–Crippen MR) is 96.8 cm³/mol. The van der Waals surface area contributed by atoms with Crippen molar-refractivity contribution in [3.05, 3.63) is 39.8 Å². The van der Waals surface area contributed by atoms with Gasteiger partial charge in [-0.15, -0.1) is 11.3 Å². The van der Waals surface area contributed by atoms with Crippen LogP contribution in [0, 0.1) is 6.92 Å². The highest BCUT2D eigenvalue weighted by atomic mass is 32.2. The normalized spacial score (nSPS) is 15.1. The van der Waals surface area contributed by atoms with Crippen molar-refractivity contribution in [1.29, 1.82) is 0 Å². The number of nitrogens with two attached hydrogens (primary N) is 1. The van der Waals surface area contributed by atoms with E-state index in [-0.39, 0.29) is 17.1 Å². The van der Waals surface area contributed by atoms with Gasteiger partial charge in [0.1, 0.15) is 6.61 Å². The number of carbonyl (C=O) groups is 1. The third-order valence-electron chi connectivity index (χ3n) is 3.88. The Hall–Kier alpha value is -2.01. The number of thiazole rings is 1. The van der Waals surface area contributed by atoms with E-state index in [1.54, 1.807) is 12.3 Å². The van der Waals surface area contributed by atoms with Gasteiger partial charge in [0.25, 0.3) is 0 Å². The predicted octanol–water partition coefficient (Wildman–Crippen LogP) is 1.29. The summed E-state index contributed by atoms with van der Waals surface area (Å²) in [5.41, 5.74) is 0.769. The third kappa shape index (κ3) is 4.39. The molecular weight excluding hydrogens is 378 g/mol. The number of carbonyl (C=O) groups excluding carboxylic acids is 1. The average Bonchev–Trinajstić information content (AvgIpc) is 3.04. The fourth-order valence-electron chi connectivity index (χ4n) is 2.62. The van der Waals surface area contributed by atoms with Crippen LogP contribution >= 0.6 is 11.3 Å². The van der Waals surface area contributed by atoms with Crippen LogP contribution in [-0.4, -0.2) is 45.7 Å². The van der Waals surface area contributed by atoms with E-state index < -0.39 is 16.0 Å². The van der Waals surface area contributed by atoms with Gasteiger partial charge in [0.15, 0.2) is 0 Å². The van der Waals surface area contributed by atoms with Crippen LogP contribution < -0.4 is 10.0 Å². The molecule has 1 aliphatic heterocycles. The van der Waals surface area contributed by atoms with E-state index in [0.29, 0.717) is 32.0 Å². The van der Waals surface area contributed by atoms with Crippen LogP contribution in [0.2, 0.25) is 0 Å². The van der Waals surface area contributed by atoms with Crippen LogP contribution in [0.4, 0.5) is 5.69 Å². The lowest BCUT2D eigenvalue weighted by atomic mass is 10.1. The molecule has 1 aromatic carbocycles. The summed E-state index contributed by atoms with van der Waals surface area (Å²) in [5.74, 6) is -0.608. The second kappa shape index (κ2) is 7.70. The summed E-state index contributed by atoms with van der Waals surface area (Å²) >= 11 is 1.43. The van der Waals surface area contributed by atoms with E-state index in [9.17, 15) is 13.2 Å². The number of ether oxygens (including phenoxy) is 2. The molecule has 2 heterocycles. The SMILES string of the molecule is Cc1ncc(COC(=O)c2cc(S(N)(=O)=O)ccc2N2CCOCC2)s1. The van der Waals surface area contributed by atoms with Crippen molar-refractivity contribution >= 4 is 33.0 Å². The molecule has 2 aromatic rings. The molecule has 1 saturated heterocycles. The molecule has 0 amide bonds. The average molecular weight is 397 g/mol. The fraction of sp³-hybridized carbons (Fsp3) is 0.375. The van der Waals surface area contributed by atoms with Gasteiger partial charge in [0, 0.05) is 19.3 Å². The van der Waals surface area contributed by atoms with Gasteiger partial charge in [-0.3, -0.25) is 0 Å². The van der Waals surface area contributed by atoms with E-state index >= 15 is 0 Å². The molecule has 1 aromatic heterocycles. The second-order valence-corrected chi connectivity index (χ2v) is 8.63. The number of benzene rings is 1. The Morgan fingerprint density at radius 2 is 2.12 bits per heavy atom. The number of rotatable bonds is 5. The van der Waals surface area contributed by atoms with E-state index in [4.69, 9.17) is 14.6 Å². The lowest BCUT2D eigenvalue weighted by Gasteiger charge is -2.30. The van der Waals surface area contributed by atoms with Crippen LogP contribution in [0.15, 0.2) is 29.3 Å². The summed E-state index contributed by atoms with van der Waals surface area (Å²) in [5, 5.41) is 6.08. The second-order valence-electron chi connectivity index (χ2n) is 5.75. The third-order valence-corrected chi connectivity index (χ3v) is 5.68. The van der Waals surface area contributed by atoms with Gasteiger partial charge in [-0.1, -0.05) is 0 Å². The number of morpholine rings is 1. The van der Waals surface area contributed by atoms with E-state index in [0.717, 1.165) is 9.88 Å². The number of anilines is 1. The topological polar surface area (TPSA) is 112 Å². The first-order chi connectivity index (χ1) is 12.3. The molecule has 0 aliphatic carbocycles. The number of aryl methyl sites for hydroxylation is 1. The maximum absolute atomic E-state index is 12.6. The minimum Gasteiger partial charge on any atom is -0.456 e. The molecule has 1 aliphatic rings. The zero-order chi connectivity index (χ0) is 18.7. The molecule has 3 rings (SSSR count). The standard InChI is InChI=1S/C16H19N3O5S2/c1-11-18-9-12(25-11)10-24-16(20)14-8-13(26(17,21)22)2-3-15(14)19-4-6-23-7-5-19/h2-3,8-9H,4-7,10H2,1H3,(H2,17,21,22). The molecule has 0 atom stereocenters. The summed E-state index contributed by atoms with van der Waals surface area (Å²) in [6.45, 7) is 4.21. The smallest absolute Gasteiger partial charge is 0.340 e. The Kier molecular flexibility index (Phi) is 5.56. The highest BCUT2D eigenvalue weighted by Gasteiger charge is 2.22. The molecule has 0 radical (unpaired) electrons. The molecule has 0 spiro atoms. The van der Waals surface area contributed by atoms with Gasteiger partial charge in [-0.05, 0) is 25.1 Å². The Morgan fingerprint density at radius 1 is 1.38 bits per heavy atom. The van der Waals surface area contributed by atoms with Crippen molar-refractivity contribution in [1.82, 2.24) is 4.98 Å². The minimum absolute atomic E-state index is 0.0759. The van der Waals surface area contributed by atoms with Crippen LogP contribution in [-0.2, 0) is 26.1 Å². The minimum atomic E-state index is -3.93. The van der Waals surface area contributed by atoms with Gasteiger partial charge in [-0.25, -0.2) is 23.3 Å². The van der Waals surface area contributed by atoms with Gasteiger partial charge in [-0.2, -0.15) is 0 Å². The zero-order valence-electron chi connectivity index (χ0n) is 14.2. The number of nitrogens with zero attached hydrogens (tertiary/aromatic N) is 2. The molecule has 0 unspecified atom stereocenters. The maximum Gasteiger partial charge on any atom is 0.340 e. The highest BCUT2D eigenvalue weighted by molar-refractivity contribution is 7.89. The lowest BCUT2D eigenvalue weighted by molar-refractivity contribution is 0.0476. The summed E-state index contributed by atoms with van der Waals surface area (Å²) in [7, 11) is -3.93. The van der Waals surface area contributed by atoms with Crippen LogP contribution in [0.3, 0.4) is 0 Å². The first-order valence-electron chi connectivity index (χ1n) is 7.92. The number of primary sulfonamides is 1. The number of esters is 1. The Morgan fingerprint density at radius 3 is 2.73 bits per heavy atom.